The summed E-state index contributed by atoms with van der Waals surface area (Å²) in [6, 6.07) is 5.31. The Hall–Kier alpha value is -0.970. The molecule has 162 valence electrons. The van der Waals surface area contributed by atoms with Gasteiger partial charge in [-0.3, -0.25) is 9.79 Å². The van der Waals surface area contributed by atoms with E-state index in [0.29, 0.717) is 48.6 Å². The summed E-state index contributed by atoms with van der Waals surface area (Å²) in [7, 11) is 1.75. The number of nitrogens with one attached hydrogen (secondary N) is 1. The van der Waals surface area contributed by atoms with Gasteiger partial charge in [-0.2, -0.15) is 0 Å². The molecule has 0 spiro atoms. The number of amides is 1. The zero-order chi connectivity index (χ0) is 19.9. The standard InChI is InChI=1S/C19H26Cl2N4O3.HI/c1-22-19(23-7-13-28-15-5-2-4-14(20)17(15)21)25-10-8-24(9-11-25)18(26)16-6-3-12-27-16;/h2,4-5,16H,3,6-13H2,1H3,(H,22,23);1H. The number of rotatable bonds is 5. The molecule has 1 aromatic carbocycles. The highest BCUT2D eigenvalue weighted by atomic mass is 127. The van der Waals surface area contributed by atoms with Gasteiger partial charge < -0.3 is 24.6 Å². The summed E-state index contributed by atoms with van der Waals surface area (Å²) in [4.78, 5) is 20.8. The molecule has 1 aromatic rings. The van der Waals surface area contributed by atoms with Gasteiger partial charge in [0.05, 0.1) is 11.6 Å². The summed E-state index contributed by atoms with van der Waals surface area (Å²) < 4.78 is 11.2. The van der Waals surface area contributed by atoms with Crippen molar-refractivity contribution in [1.29, 1.82) is 0 Å². The summed E-state index contributed by atoms with van der Waals surface area (Å²) in [5.41, 5.74) is 0. The minimum atomic E-state index is -0.251. The summed E-state index contributed by atoms with van der Waals surface area (Å²) in [5.74, 6) is 1.48. The van der Waals surface area contributed by atoms with Gasteiger partial charge in [-0.1, -0.05) is 29.3 Å². The molecule has 29 heavy (non-hydrogen) atoms. The van der Waals surface area contributed by atoms with Crippen LogP contribution in [0.1, 0.15) is 12.8 Å². The van der Waals surface area contributed by atoms with E-state index < -0.39 is 0 Å². The molecule has 3 rings (SSSR count). The number of nitrogens with zero attached hydrogens (tertiary/aromatic N) is 3. The maximum Gasteiger partial charge on any atom is 0.251 e. The van der Waals surface area contributed by atoms with Crippen LogP contribution in [0, 0.1) is 0 Å². The molecule has 2 aliphatic rings. The van der Waals surface area contributed by atoms with E-state index in [-0.39, 0.29) is 36.0 Å². The largest absolute Gasteiger partial charge is 0.490 e. The molecule has 0 saturated carbocycles. The van der Waals surface area contributed by atoms with E-state index in [9.17, 15) is 4.79 Å². The van der Waals surface area contributed by atoms with Crippen LogP contribution in [0.3, 0.4) is 0 Å². The fourth-order valence-electron chi connectivity index (χ4n) is 3.37. The first kappa shape index (κ1) is 24.3. The minimum Gasteiger partial charge on any atom is -0.490 e. The molecule has 0 aliphatic carbocycles. The molecule has 1 amide bonds. The lowest BCUT2D eigenvalue weighted by Crippen LogP contribution is -2.55. The van der Waals surface area contributed by atoms with Gasteiger partial charge in [-0.05, 0) is 25.0 Å². The molecule has 0 bridgehead atoms. The van der Waals surface area contributed by atoms with Crippen molar-refractivity contribution in [3.05, 3.63) is 28.2 Å². The number of hydrogen-bond donors (Lipinski definition) is 1. The van der Waals surface area contributed by atoms with Crippen molar-refractivity contribution >= 4 is 59.0 Å². The second-order valence-electron chi connectivity index (χ2n) is 6.69. The van der Waals surface area contributed by atoms with Crippen molar-refractivity contribution in [3.63, 3.8) is 0 Å². The van der Waals surface area contributed by atoms with Crippen LogP contribution in [0.15, 0.2) is 23.2 Å². The SMILES string of the molecule is CN=C(NCCOc1cccc(Cl)c1Cl)N1CCN(C(=O)C2CCCO2)CC1.I. The third-order valence-corrected chi connectivity index (χ3v) is 5.67. The van der Waals surface area contributed by atoms with Crippen LogP contribution in [0.5, 0.6) is 5.75 Å². The van der Waals surface area contributed by atoms with Crippen LogP contribution in [0.2, 0.25) is 10.0 Å². The Labute approximate surface area is 198 Å². The molecule has 0 radical (unpaired) electrons. The molecule has 2 aliphatic heterocycles. The number of piperazine rings is 1. The van der Waals surface area contributed by atoms with Gasteiger partial charge in [0, 0.05) is 39.8 Å². The van der Waals surface area contributed by atoms with Crippen molar-refractivity contribution in [1.82, 2.24) is 15.1 Å². The maximum absolute atomic E-state index is 12.4. The Bertz CT molecular complexity index is 709. The van der Waals surface area contributed by atoms with E-state index in [4.69, 9.17) is 32.7 Å². The first-order chi connectivity index (χ1) is 13.6. The van der Waals surface area contributed by atoms with E-state index in [1.54, 1.807) is 25.2 Å². The van der Waals surface area contributed by atoms with Gasteiger partial charge in [0.25, 0.3) is 5.91 Å². The normalized spacial score (nSPS) is 19.7. The lowest BCUT2D eigenvalue weighted by atomic mass is 10.2. The van der Waals surface area contributed by atoms with Gasteiger partial charge in [-0.25, -0.2) is 0 Å². The summed E-state index contributed by atoms with van der Waals surface area (Å²) in [6.45, 7) is 4.51. The number of hydrogen-bond acceptors (Lipinski definition) is 4. The highest BCUT2D eigenvalue weighted by Gasteiger charge is 2.30. The van der Waals surface area contributed by atoms with E-state index in [0.717, 1.165) is 31.9 Å². The zero-order valence-electron chi connectivity index (χ0n) is 16.4. The molecule has 2 fully saturated rings. The molecule has 2 heterocycles. The average molecular weight is 557 g/mol. The zero-order valence-corrected chi connectivity index (χ0v) is 20.2. The number of aliphatic imine (C=N–C) groups is 1. The highest BCUT2D eigenvalue weighted by Crippen LogP contribution is 2.31. The second-order valence-corrected chi connectivity index (χ2v) is 7.47. The third-order valence-electron chi connectivity index (χ3n) is 4.87. The van der Waals surface area contributed by atoms with E-state index in [1.807, 2.05) is 4.90 Å². The number of halogens is 3. The second kappa shape index (κ2) is 12.0. The molecular weight excluding hydrogens is 530 g/mol. The monoisotopic (exact) mass is 556 g/mol. The Balaban J connectivity index is 0.00000300. The van der Waals surface area contributed by atoms with Crippen LogP contribution in [-0.2, 0) is 9.53 Å². The van der Waals surface area contributed by atoms with Crippen molar-refractivity contribution in [2.45, 2.75) is 18.9 Å². The van der Waals surface area contributed by atoms with Crippen LogP contribution in [0.4, 0.5) is 0 Å². The van der Waals surface area contributed by atoms with Crippen molar-refractivity contribution in [2.24, 2.45) is 4.99 Å². The number of benzene rings is 1. The van der Waals surface area contributed by atoms with Crippen molar-refractivity contribution in [3.8, 4) is 5.75 Å². The number of guanidine groups is 1. The van der Waals surface area contributed by atoms with E-state index in [1.165, 1.54) is 0 Å². The molecule has 7 nitrogen and oxygen atoms in total. The molecule has 10 heteroatoms. The summed E-state index contributed by atoms with van der Waals surface area (Å²) >= 11 is 12.1. The maximum atomic E-state index is 12.4. The molecule has 1 unspecified atom stereocenters. The quantitative estimate of drug-likeness (QED) is 0.261. The number of carbonyl (C=O) groups excluding carboxylic acids is 1. The lowest BCUT2D eigenvalue weighted by Gasteiger charge is -2.37. The van der Waals surface area contributed by atoms with Gasteiger partial charge in [0.15, 0.2) is 5.96 Å². The Kier molecular flexibility index (Phi) is 10.1. The molecular formula is C19H27Cl2IN4O3. The van der Waals surface area contributed by atoms with E-state index in [2.05, 4.69) is 15.2 Å². The number of ether oxygens (including phenoxy) is 2. The molecule has 2 saturated heterocycles. The van der Waals surface area contributed by atoms with Gasteiger partial charge in [0.1, 0.15) is 23.5 Å². The Morgan fingerprint density at radius 1 is 1.28 bits per heavy atom. The van der Waals surface area contributed by atoms with Crippen LogP contribution >= 0.6 is 47.2 Å². The highest BCUT2D eigenvalue weighted by molar-refractivity contribution is 14.0. The Morgan fingerprint density at radius 2 is 2.00 bits per heavy atom. The van der Waals surface area contributed by atoms with Crippen LogP contribution in [-0.4, -0.2) is 80.8 Å². The average Bonchev–Trinajstić information content (AvgIpc) is 3.25. The predicted molar refractivity (Wildman–Crippen MR) is 126 cm³/mol. The predicted octanol–water partition coefficient (Wildman–Crippen LogP) is 2.89. The van der Waals surface area contributed by atoms with Crippen molar-refractivity contribution < 1.29 is 14.3 Å². The van der Waals surface area contributed by atoms with Crippen molar-refractivity contribution in [2.75, 3.05) is 53.0 Å². The fourth-order valence-corrected chi connectivity index (χ4v) is 3.71. The lowest BCUT2D eigenvalue weighted by molar-refractivity contribution is -0.142. The van der Waals surface area contributed by atoms with Gasteiger partial charge in [-0.15, -0.1) is 24.0 Å². The minimum absolute atomic E-state index is 0. The fraction of sp³-hybridized carbons (Fsp3) is 0.579. The third kappa shape index (κ3) is 6.50. The number of carbonyl (C=O) groups is 1. The van der Waals surface area contributed by atoms with Crippen LogP contribution < -0.4 is 10.1 Å². The molecule has 1 atom stereocenters. The summed E-state index contributed by atoms with van der Waals surface area (Å²) in [5, 5.41) is 4.18. The van der Waals surface area contributed by atoms with Crippen LogP contribution in [0.25, 0.3) is 0 Å². The van der Waals surface area contributed by atoms with E-state index >= 15 is 0 Å². The molecule has 1 N–H and O–H groups in total. The molecule has 0 aromatic heterocycles. The first-order valence-corrected chi connectivity index (χ1v) is 10.3. The Morgan fingerprint density at radius 3 is 2.66 bits per heavy atom. The smallest absolute Gasteiger partial charge is 0.251 e. The summed E-state index contributed by atoms with van der Waals surface area (Å²) in [6.07, 6.45) is 1.55. The topological polar surface area (TPSA) is 66.4 Å². The first-order valence-electron chi connectivity index (χ1n) is 9.53. The van der Waals surface area contributed by atoms with Gasteiger partial charge >= 0.3 is 0 Å². The van der Waals surface area contributed by atoms with Gasteiger partial charge in [0.2, 0.25) is 0 Å².